The molecule has 0 N–H and O–H groups in total. The predicted octanol–water partition coefficient (Wildman–Crippen LogP) is 7.82. The largest absolute Gasteiger partial charge is 0.465 e. The summed E-state index contributed by atoms with van der Waals surface area (Å²) in [5.41, 5.74) is 1.96. The van der Waals surface area contributed by atoms with Crippen molar-refractivity contribution in [3.63, 3.8) is 0 Å². The fourth-order valence-electron chi connectivity index (χ4n) is 4.10. The standard InChI is InChI=1S/C25H44O2/c1-10-25(11-2,12-3)18-23(26-9)27-21-15-13-20(14-16-21)22(17-19(4)5)24(6,7)8/h13-16,19,22-23H,10-12,17-18H2,1-9H3. The van der Waals surface area contributed by atoms with E-state index in [9.17, 15) is 0 Å². The molecule has 0 heterocycles. The molecule has 2 heteroatoms. The first-order valence-corrected chi connectivity index (χ1v) is 10.9. The Labute approximate surface area is 169 Å². The third kappa shape index (κ3) is 7.14. The first-order valence-electron chi connectivity index (χ1n) is 10.9. The van der Waals surface area contributed by atoms with Gasteiger partial charge in [0.1, 0.15) is 5.75 Å². The van der Waals surface area contributed by atoms with Crippen LogP contribution in [-0.2, 0) is 4.74 Å². The zero-order valence-electron chi connectivity index (χ0n) is 19.4. The molecule has 0 aromatic heterocycles. The van der Waals surface area contributed by atoms with Crippen LogP contribution in [0.4, 0.5) is 0 Å². The molecule has 1 aromatic carbocycles. The van der Waals surface area contributed by atoms with Crippen molar-refractivity contribution in [2.75, 3.05) is 7.11 Å². The summed E-state index contributed by atoms with van der Waals surface area (Å²) in [7, 11) is 1.75. The molecule has 0 radical (unpaired) electrons. The number of benzene rings is 1. The van der Waals surface area contributed by atoms with Gasteiger partial charge in [0.15, 0.2) is 6.29 Å². The highest BCUT2D eigenvalue weighted by Crippen LogP contribution is 2.40. The lowest BCUT2D eigenvalue weighted by Crippen LogP contribution is -2.30. The molecule has 156 valence electrons. The zero-order valence-corrected chi connectivity index (χ0v) is 19.4. The highest BCUT2D eigenvalue weighted by Gasteiger charge is 2.30. The van der Waals surface area contributed by atoms with E-state index in [1.54, 1.807) is 7.11 Å². The minimum absolute atomic E-state index is 0.190. The number of rotatable bonds is 11. The third-order valence-electron chi connectivity index (χ3n) is 6.42. The number of ether oxygens (including phenoxy) is 2. The van der Waals surface area contributed by atoms with Crippen LogP contribution in [0.25, 0.3) is 0 Å². The minimum atomic E-state index is -0.190. The van der Waals surface area contributed by atoms with Crippen molar-refractivity contribution < 1.29 is 9.47 Å². The van der Waals surface area contributed by atoms with Gasteiger partial charge in [-0.15, -0.1) is 0 Å². The summed E-state index contributed by atoms with van der Waals surface area (Å²) in [5.74, 6) is 2.14. The molecule has 0 fully saturated rings. The Hall–Kier alpha value is -1.02. The molecule has 1 aromatic rings. The fourth-order valence-corrected chi connectivity index (χ4v) is 4.10. The Bertz CT molecular complexity index is 512. The molecular formula is C25H44O2. The second-order valence-corrected chi connectivity index (χ2v) is 9.67. The van der Waals surface area contributed by atoms with Gasteiger partial charge in [0.25, 0.3) is 0 Å². The van der Waals surface area contributed by atoms with Crippen molar-refractivity contribution in [2.45, 2.75) is 99.7 Å². The smallest absolute Gasteiger partial charge is 0.200 e. The molecule has 0 amide bonds. The summed E-state index contributed by atoms with van der Waals surface area (Å²) in [5, 5.41) is 0. The van der Waals surface area contributed by atoms with Crippen LogP contribution in [0.5, 0.6) is 5.75 Å². The molecule has 0 bridgehead atoms. The number of hydrogen-bond acceptors (Lipinski definition) is 2. The maximum Gasteiger partial charge on any atom is 0.200 e. The van der Waals surface area contributed by atoms with Gasteiger partial charge in [-0.3, -0.25) is 0 Å². The third-order valence-corrected chi connectivity index (χ3v) is 6.42. The van der Waals surface area contributed by atoms with Crippen LogP contribution in [-0.4, -0.2) is 13.4 Å². The molecule has 27 heavy (non-hydrogen) atoms. The van der Waals surface area contributed by atoms with E-state index in [-0.39, 0.29) is 11.7 Å². The minimum Gasteiger partial charge on any atom is -0.465 e. The normalized spacial score (nSPS) is 15.0. The summed E-state index contributed by atoms with van der Waals surface area (Å²) in [6.45, 7) is 18.4. The summed E-state index contributed by atoms with van der Waals surface area (Å²) in [4.78, 5) is 0. The first-order chi connectivity index (χ1) is 12.6. The van der Waals surface area contributed by atoms with E-state index in [0.717, 1.165) is 31.4 Å². The van der Waals surface area contributed by atoms with Crippen LogP contribution in [0.15, 0.2) is 24.3 Å². The van der Waals surface area contributed by atoms with Gasteiger partial charge in [0, 0.05) is 13.5 Å². The second-order valence-electron chi connectivity index (χ2n) is 9.67. The molecule has 0 aliphatic heterocycles. The van der Waals surface area contributed by atoms with Crippen molar-refractivity contribution in [3.8, 4) is 5.75 Å². The van der Waals surface area contributed by atoms with Crippen LogP contribution in [0.2, 0.25) is 0 Å². The van der Waals surface area contributed by atoms with Crippen molar-refractivity contribution in [1.82, 2.24) is 0 Å². The van der Waals surface area contributed by atoms with E-state index < -0.39 is 0 Å². The van der Waals surface area contributed by atoms with E-state index in [2.05, 4.69) is 79.7 Å². The quantitative estimate of drug-likeness (QED) is 0.366. The summed E-state index contributed by atoms with van der Waals surface area (Å²) >= 11 is 0. The molecule has 0 spiro atoms. The predicted molar refractivity (Wildman–Crippen MR) is 117 cm³/mol. The van der Waals surface area contributed by atoms with E-state index in [1.807, 2.05) is 0 Å². The van der Waals surface area contributed by atoms with Crippen LogP contribution in [0.3, 0.4) is 0 Å². The summed E-state index contributed by atoms with van der Waals surface area (Å²) in [6, 6.07) is 8.72. The van der Waals surface area contributed by atoms with Crippen molar-refractivity contribution in [3.05, 3.63) is 29.8 Å². The van der Waals surface area contributed by atoms with Gasteiger partial charge in [-0.25, -0.2) is 0 Å². The Morgan fingerprint density at radius 1 is 0.889 bits per heavy atom. The van der Waals surface area contributed by atoms with E-state index in [1.165, 1.54) is 12.0 Å². The SMILES string of the molecule is CCC(CC)(CC)CC(OC)Oc1ccc(C(CC(C)C)C(C)(C)C)cc1. The monoisotopic (exact) mass is 376 g/mol. The lowest BCUT2D eigenvalue weighted by Gasteiger charge is -2.34. The van der Waals surface area contributed by atoms with Crippen LogP contribution < -0.4 is 4.74 Å². The Kier molecular flexibility index (Phi) is 9.34. The fraction of sp³-hybridized carbons (Fsp3) is 0.760. The summed E-state index contributed by atoms with van der Waals surface area (Å²) < 4.78 is 11.9. The lowest BCUT2D eigenvalue weighted by molar-refractivity contribution is -0.0848. The number of methoxy groups -OCH3 is 1. The maximum atomic E-state index is 6.20. The molecule has 0 saturated carbocycles. The van der Waals surface area contributed by atoms with Gasteiger partial charge in [-0.05, 0) is 46.8 Å². The van der Waals surface area contributed by atoms with Crippen molar-refractivity contribution in [1.29, 1.82) is 0 Å². The van der Waals surface area contributed by atoms with E-state index >= 15 is 0 Å². The molecule has 0 saturated heterocycles. The van der Waals surface area contributed by atoms with E-state index in [4.69, 9.17) is 9.47 Å². The molecular weight excluding hydrogens is 332 g/mol. The Balaban J connectivity index is 2.90. The second kappa shape index (κ2) is 10.5. The molecule has 1 rings (SSSR count). The van der Waals surface area contributed by atoms with Crippen LogP contribution in [0, 0.1) is 16.7 Å². The summed E-state index contributed by atoms with van der Waals surface area (Å²) in [6.07, 6.45) is 5.42. The highest BCUT2D eigenvalue weighted by atomic mass is 16.7. The average Bonchev–Trinajstić information content (AvgIpc) is 2.63. The van der Waals surface area contributed by atoms with Gasteiger partial charge in [0.2, 0.25) is 0 Å². The highest BCUT2D eigenvalue weighted by molar-refractivity contribution is 5.30. The Morgan fingerprint density at radius 2 is 1.41 bits per heavy atom. The van der Waals surface area contributed by atoms with E-state index in [0.29, 0.717) is 17.3 Å². The molecule has 2 unspecified atom stereocenters. The zero-order chi connectivity index (χ0) is 20.7. The van der Waals surface area contributed by atoms with Crippen molar-refractivity contribution in [2.24, 2.45) is 16.7 Å². The van der Waals surface area contributed by atoms with Gasteiger partial charge in [-0.1, -0.05) is 86.8 Å². The molecule has 0 aliphatic carbocycles. The molecule has 2 atom stereocenters. The van der Waals surface area contributed by atoms with Gasteiger partial charge in [0.05, 0.1) is 0 Å². The maximum absolute atomic E-state index is 6.20. The van der Waals surface area contributed by atoms with Gasteiger partial charge >= 0.3 is 0 Å². The molecule has 0 aliphatic rings. The van der Waals surface area contributed by atoms with Gasteiger partial charge in [-0.2, -0.15) is 0 Å². The topological polar surface area (TPSA) is 18.5 Å². The van der Waals surface area contributed by atoms with Crippen LogP contribution >= 0.6 is 0 Å². The number of hydrogen-bond donors (Lipinski definition) is 0. The first kappa shape index (κ1) is 24.0. The van der Waals surface area contributed by atoms with Gasteiger partial charge < -0.3 is 9.47 Å². The van der Waals surface area contributed by atoms with Crippen molar-refractivity contribution >= 4 is 0 Å². The average molecular weight is 377 g/mol. The lowest BCUT2D eigenvalue weighted by atomic mass is 9.72. The Morgan fingerprint density at radius 3 is 1.78 bits per heavy atom. The van der Waals surface area contributed by atoms with Crippen LogP contribution in [0.1, 0.15) is 99.0 Å². The molecule has 2 nitrogen and oxygen atoms in total.